The molecule has 4 N–H and O–H groups in total. The van der Waals surface area contributed by atoms with Crippen LogP contribution in [0.3, 0.4) is 0 Å². The molecular weight excluding hydrogens is 569 g/mol. The highest BCUT2D eigenvalue weighted by molar-refractivity contribution is 9.11. The van der Waals surface area contributed by atoms with Crippen LogP contribution >= 0.6 is 39.2 Å². The van der Waals surface area contributed by atoms with Gasteiger partial charge >= 0.3 is 5.97 Å². The summed E-state index contributed by atoms with van der Waals surface area (Å²) in [4.78, 5) is 33.5. The maximum absolute atomic E-state index is 12.6. The highest BCUT2D eigenvalue weighted by Gasteiger charge is 2.23. The first-order chi connectivity index (χ1) is 14.8. The number of benzene rings is 2. The van der Waals surface area contributed by atoms with Crippen LogP contribution in [0, 0.1) is 5.92 Å². The van der Waals surface area contributed by atoms with E-state index in [1.165, 1.54) is 24.9 Å². The van der Waals surface area contributed by atoms with Crippen molar-refractivity contribution >= 4 is 51.0 Å². The van der Waals surface area contributed by atoms with Crippen LogP contribution in [0.15, 0.2) is 39.3 Å². The molecule has 2 atom stereocenters. The lowest BCUT2D eigenvalue weighted by Gasteiger charge is -2.18. The first-order valence-corrected chi connectivity index (χ1v) is 13.4. The van der Waals surface area contributed by atoms with Crippen LogP contribution in [0.1, 0.15) is 29.8 Å². The molecule has 0 aliphatic carbocycles. The third kappa shape index (κ3) is 7.42. The monoisotopic (exact) mass is 591 g/mol. The van der Waals surface area contributed by atoms with E-state index < -0.39 is 25.2 Å². The number of Topliss-reactive ketones (excluding diaryl/α,β-unsaturated/α-hetero) is 1. The highest BCUT2D eigenvalue weighted by atomic mass is 79.9. The van der Waals surface area contributed by atoms with E-state index in [1.54, 1.807) is 26.0 Å². The van der Waals surface area contributed by atoms with E-state index in [-0.39, 0.29) is 35.7 Å². The summed E-state index contributed by atoms with van der Waals surface area (Å²) in [5.74, 6) is -1.39. The minimum absolute atomic E-state index is 0.00303. The second-order valence-electron chi connectivity index (χ2n) is 7.74. The maximum Gasteiger partial charge on any atom is 0.320 e. The van der Waals surface area contributed by atoms with Gasteiger partial charge in [-0.15, -0.1) is 0 Å². The minimum atomic E-state index is -3.25. The van der Waals surface area contributed by atoms with Gasteiger partial charge in [0.2, 0.25) is 7.37 Å². The lowest BCUT2D eigenvalue weighted by molar-refractivity contribution is -0.140. The molecule has 2 rings (SSSR count). The number of aliphatic carboxylic acids is 1. The number of ketones is 1. The smallest absolute Gasteiger partial charge is 0.320 e. The summed E-state index contributed by atoms with van der Waals surface area (Å²) in [6.07, 6.45) is 0.00303. The van der Waals surface area contributed by atoms with Gasteiger partial charge in [-0.2, -0.15) is 0 Å². The van der Waals surface area contributed by atoms with Gasteiger partial charge in [0.25, 0.3) is 0 Å². The van der Waals surface area contributed by atoms with Gasteiger partial charge in [0, 0.05) is 12.8 Å². The van der Waals surface area contributed by atoms with Crippen molar-refractivity contribution in [2.45, 2.75) is 26.1 Å². The van der Waals surface area contributed by atoms with Crippen LogP contribution in [0.25, 0.3) is 0 Å². The molecule has 0 saturated heterocycles. The summed E-state index contributed by atoms with van der Waals surface area (Å²) < 4.78 is 18.6. The summed E-state index contributed by atoms with van der Waals surface area (Å²) in [6.45, 7) is 4.46. The number of nitrogens with one attached hydrogen (secondary N) is 1. The van der Waals surface area contributed by atoms with E-state index in [0.29, 0.717) is 20.3 Å². The summed E-state index contributed by atoms with van der Waals surface area (Å²) in [5.41, 5.74) is 0.620. The molecule has 32 heavy (non-hydrogen) atoms. The third-order valence-corrected chi connectivity index (χ3v) is 6.57. The van der Waals surface area contributed by atoms with Gasteiger partial charge in [0.05, 0.1) is 21.1 Å². The number of carbonyl (C=O) groups is 2. The Hall–Kier alpha value is -1.71. The third-order valence-electron chi connectivity index (χ3n) is 4.44. The summed E-state index contributed by atoms with van der Waals surface area (Å²) in [5, 5.41) is 22.1. The normalized spacial score (nSPS) is 14.1. The zero-order valence-electron chi connectivity index (χ0n) is 17.6. The topological polar surface area (TPSA) is 133 Å². The SMILES string of the molecule is CC(C)C(NCC(=O)c1cc(Oc2c(Br)cc(CP(C)(=O)O)cc2Br)ccc1O)C(=O)O. The largest absolute Gasteiger partial charge is 0.507 e. The van der Waals surface area contributed by atoms with Crippen molar-refractivity contribution in [2.75, 3.05) is 13.2 Å². The zero-order valence-corrected chi connectivity index (χ0v) is 21.7. The molecule has 0 spiro atoms. The van der Waals surface area contributed by atoms with Crippen molar-refractivity contribution in [1.29, 1.82) is 0 Å². The predicted molar refractivity (Wildman–Crippen MR) is 128 cm³/mol. The molecular formula is C21H24Br2NO7P. The van der Waals surface area contributed by atoms with Crippen molar-refractivity contribution < 1.29 is 34.0 Å². The van der Waals surface area contributed by atoms with Crippen LogP contribution in [-0.2, 0) is 15.5 Å². The number of ether oxygens (including phenoxy) is 1. The molecule has 0 saturated carbocycles. The van der Waals surface area contributed by atoms with Gasteiger partial charge in [0.1, 0.15) is 17.5 Å². The van der Waals surface area contributed by atoms with E-state index in [2.05, 4.69) is 37.2 Å². The van der Waals surface area contributed by atoms with Gasteiger partial charge in [0.15, 0.2) is 11.5 Å². The molecule has 0 bridgehead atoms. The Morgan fingerprint density at radius 3 is 2.25 bits per heavy atom. The number of carbonyl (C=O) groups excluding carboxylic acids is 1. The number of aromatic hydroxyl groups is 1. The van der Waals surface area contributed by atoms with E-state index in [4.69, 9.17) is 4.74 Å². The van der Waals surface area contributed by atoms with E-state index in [9.17, 15) is 29.3 Å². The van der Waals surface area contributed by atoms with Crippen LogP contribution in [0.5, 0.6) is 17.2 Å². The lowest BCUT2D eigenvalue weighted by atomic mass is 10.0. The molecule has 0 fully saturated rings. The van der Waals surface area contributed by atoms with E-state index >= 15 is 0 Å². The fourth-order valence-corrected chi connectivity index (χ4v) is 5.27. The first kappa shape index (κ1) is 26.5. The van der Waals surface area contributed by atoms with Crippen molar-refractivity contribution in [2.24, 2.45) is 5.92 Å². The number of carboxylic acid groups (broad SMARTS) is 1. The van der Waals surface area contributed by atoms with Gasteiger partial charge in [-0.05, 0) is 73.7 Å². The number of hydrogen-bond donors (Lipinski definition) is 4. The summed E-state index contributed by atoms with van der Waals surface area (Å²) >= 11 is 6.77. The second-order valence-corrected chi connectivity index (χ2v) is 11.9. The van der Waals surface area contributed by atoms with Crippen molar-refractivity contribution in [3.63, 3.8) is 0 Å². The molecule has 0 aliphatic rings. The van der Waals surface area contributed by atoms with Gasteiger partial charge in [-0.1, -0.05) is 13.8 Å². The number of phenolic OH excluding ortho intramolecular Hbond substituents is 1. The highest BCUT2D eigenvalue weighted by Crippen LogP contribution is 2.44. The molecule has 2 aromatic rings. The molecule has 0 amide bonds. The van der Waals surface area contributed by atoms with Crippen LogP contribution in [0.2, 0.25) is 0 Å². The van der Waals surface area contributed by atoms with Gasteiger partial charge < -0.3 is 19.8 Å². The molecule has 0 radical (unpaired) electrons. The minimum Gasteiger partial charge on any atom is -0.507 e. The Balaban J connectivity index is 2.23. The molecule has 2 aromatic carbocycles. The quantitative estimate of drug-likeness (QED) is 0.224. The van der Waals surface area contributed by atoms with Crippen molar-refractivity contribution in [1.82, 2.24) is 5.32 Å². The summed E-state index contributed by atoms with van der Waals surface area (Å²) in [7, 11) is -3.25. The Labute approximate surface area is 202 Å². The Morgan fingerprint density at radius 1 is 1.16 bits per heavy atom. The molecule has 0 heterocycles. The standard InChI is InChI=1S/C21H24Br2NO7P/c1-11(2)19(21(27)28)24-9-18(26)14-8-13(4-5-17(14)25)31-20-15(22)6-12(7-16(20)23)10-32(3,29)30/h4-8,11,19,24-25H,9-10H2,1-3H3,(H,27,28)(H,29,30). The number of hydrogen-bond acceptors (Lipinski definition) is 6. The predicted octanol–water partition coefficient (Wildman–Crippen LogP) is 4.99. The fourth-order valence-electron chi connectivity index (χ4n) is 2.97. The first-order valence-electron chi connectivity index (χ1n) is 9.56. The molecule has 0 aromatic heterocycles. The Bertz CT molecular complexity index is 1050. The summed E-state index contributed by atoms with van der Waals surface area (Å²) in [6, 6.07) is 6.60. The molecule has 8 nitrogen and oxygen atoms in total. The number of rotatable bonds is 10. The number of carboxylic acids is 1. The zero-order chi connectivity index (χ0) is 24.2. The van der Waals surface area contributed by atoms with E-state index in [0.717, 1.165) is 0 Å². The number of phenols is 1. The lowest BCUT2D eigenvalue weighted by Crippen LogP contribution is -2.43. The Morgan fingerprint density at radius 2 is 1.75 bits per heavy atom. The average Bonchev–Trinajstić information content (AvgIpc) is 2.64. The molecule has 11 heteroatoms. The van der Waals surface area contributed by atoms with Gasteiger partial charge in [-0.25, -0.2) is 0 Å². The fraction of sp³-hybridized carbons (Fsp3) is 0.333. The second kappa shape index (κ2) is 10.9. The van der Waals surface area contributed by atoms with Crippen LogP contribution < -0.4 is 10.1 Å². The number of halogens is 2. The maximum atomic E-state index is 12.6. The van der Waals surface area contributed by atoms with Crippen molar-refractivity contribution in [3.05, 3.63) is 50.4 Å². The van der Waals surface area contributed by atoms with E-state index in [1.807, 2.05) is 0 Å². The molecule has 174 valence electrons. The average molecular weight is 593 g/mol. The Kier molecular flexibility index (Phi) is 9.07. The van der Waals surface area contributed by atoms with Crippen LogP contribution in [-0.4, -0.2) is 46.1 Å². The molecule has 0 aliphatic heterocycles. The van der Waals surface area contributed by atoms with Crippen LogP contribution in [0.4, 0.5) is 0 Å². The molecule has 2 unspecified atom stereocenters. The van der Waals surface area contributed by atoms with Crippen molar-refractivity contribution in [3.8, 4) is 17.2 Å². The van der Waals surface area contributed by atoms with Gasteiger partial charge in [-0.3, -0.25) is 19.5 Å².